The van der Waals surface area contributed by atoms with E-state index in [9.17, 15) is 4.79 Å². The second-order valence-corrected chi connectivity index (χ2v) is 5.60. The number of carbonyl (C=O) groups excluding carboxylic acids is 1. The van der Waals surface area contributed by atoms with Crippen LogP contribution >= 0.6 is 23.8 Å². The zero-order valence-corrected chi connectivity index (χ0v) is 15.0. The van der Waals surface area contributed by atoms with Gasteiger partial charge in [0.1, 0.15) is 17.4 Å². The minimum Gasteiger partial charge on any atom is -0.495 e. The molecule has 0 bridgehead atoms. The van der Waals surface area contributed by atoms with Gasteiger partial charge in [-0.25, -0.2) is 9.78 Å². The average molecular weight is 369 g/mol. The average Bonchev–Trinajstić information content (AvgIpc) is 2.55. The first-order valence-electron chi connectivity index (χ1n) is 7.22. The summed E-state index contributed by atoms with van der Waals surface area (Å²) in [5.74, 6) is 0.238. The van der Waals surface area contributed by atoms with E-state index in [1.54, 1.807) is 26.2 Å². The standard InChI is InChI=1S/C16H17ClN2O4S/c1-4-22-15(20)11-8-18-16(24)19-14(11)23-9(2)10-5-6-13(21-3)12(17)7-10/h5-9H,4H2,1-3H3,(H,18,19,24). The lowest BCUT2D eigenvalue weighted by Crippen LogP contribution is -2.12. The predicted molar refractivity (Wildman–Crippen MR) is 92.4 cm³/mol. The molecule has 6 nitrogen and oxygen atoms in total. The van der Waals surface area contributed by atoms with Crippen LogP contribution in [0.25, 0.3) is 0 Å². The van der Waals surface area contributed by atoms with Gasteiger partial charge in [-0.1, -0.05) is 17.7 Å². The molecular weight excluding hydrogens is 352 g/mol. The maximum Gasteiger partial charge on any atom is 0.345 e. The number of halogens is 1. The molecular formula is C16H17ClN2O4S. The molecule has 0 aliphatic rings. The zero-order chi connectivity index (χ0) is 17.7. The van der Waals surface area contributed by atoms with E-state index >= 15 is 0 Å². The molecule has 2 rings (SSSR count). The van der Waals surface area contributed by atoms with Gasteiger partial charge in [0.25, 0.3) is 0 Å². The molecule has 1 unspecified atom stereocenters. The van der Waals surface area contributed by atoms with Crippen LogP contribution in [0.1, 0.15) is 35.9 Å². The predicted octanol–water partition coefficient (Wildman–Crippen LogP) is 4.12. The Kier molecular flexibility index (Phi) is 6.16. The van der Waals surface area contributed by atoms with E-state index in [4.69, 9.17) is 38.0 Å². The number of H-pyrrole nitrogens is 1. The van der Waals surface area contributed by atoms with Gasteiger partial charge in [-0.15, -0.1) is 0 Å². The van der Waals surface area contributed by atoms with Crippen LogP contribution in [0.4, 0.5) is 0 Å². The van der Waals surface area contributed by atoms with Crippen LogP contribution in [-0.4, -0.2) is 29.7 Å². The Morgan fingerprint density at radius 2 is 2.21 bits per heavy atom. The van der Waals surface area contributed by atoms with Crippen molar-refractivity contribution >= 4 is 29.8 Å². The van der Waals surface area contributed by atoms with Crippen molar-refractivity contribution in [3.63, 3.8) is 0 Å². The SMILES string of the molecule is CCOC(=O)c1cnc(=S)[nH]c1OC(C)c1ccc(OC)c(Cl)c1. The number of rotatable bonds is 6. The summed E-state index contributed by atoms with van der Waals surface area (Å²) < 4.78 is 16.2. The van der Waals surface area contributed by atoms with Crippen molar-refractivity contribution in [1.29, 1.82) is 0 Å². The van der Waals surface area contributed by atoms with Crippen LogP contribution in [0.3, 0.4) is 0 Å². The van der Waals surface area contributed by atoms with Gasteiger partial charge >= 0.3 is 5.97 Å². The van der Waals surface area contributed by atoms with Crippen LogP contribution in [0, 0.1) is 4.77 Å². The fourth-order valence-electron chi connectivity index (χ4n) is 2.01. The molecule has 0 saturated carbocycles. The number of hydrogen-bond acceptors (Lipinski definition) is 6. The molecule has 1 N–H and O–H groups in total. The number of hydrogen-bond donors (Lipinski definition) is 1. The van der Waals surface area contributed by atoms with E-state index in [2.05, 4.69) is 9.97 Å². The summed E-state index contributed by atoms with van der Waals surface area (Å²) >= 11 is 11.1. The summed E-state index contributed by atoms with van der Waals surface area (Å²) in [6.07, 6.45) is 0.939. The van der Waals surface area contributed by atoms with Crippen LogP contribution in [0.15, 0.2) is 24.4 Å². The van der Waals surface area contributed by atoms with Crippen molar-refractivity contribution in [2.75, 3.05) is 13.7 Å². The molecule has 0 saturated heterocycles. The first-order valence-corrected chi connectivity index (χ1v) is 8.01. The lowest BCUT2D eigenvalue weighted by atomic mass is 10.1. The highest BCUT2D eigenvalue weighted by atomic mass is 35.5. The van der Waals surface area contributed by atoms with Gasteiger partial charge in [0.05, 0.1) is 24.9 Å². The van der Waals surface area contributed by atoms with E-state index in [0.717, 1.165) is 5.56 Å². The third-order valence-corrected chi connectivity index (χ3v) is 3.71. The second-order valence-electron chi connectivity index (χ2n) is 4.81. The molecule has 0 aliphatic carbocycles. The number of methoxy groups -OCH3 is 1. The highest BCUT2D eigenvalue weighted by Gasteiger charge is 2.18. The number of esters is 1. The Balaban J connectivity index is 2.29. The molecule has 1 atom stereocenters. The summed E-state index contributed by atoms with van der Waals surface area (Å²) in [4.78, 5) is 18.7. The lowest BCUT2D eigenvalue weighted by molar-refractivity contribution is 0.0517. The normalized spacial score (nSPS) is 11.7. The van der Waals surface area contributed by atoms with Crippen molar-refractivity contribution in [2.45, 2.75) is 20.0 Å². The smallest absolute Gasteiger partial charge is 0.345 e. The molecule has 24 heavy (non-hydrogen) atoms. The Morgan fingerprint density at radius 3 is 2.83 bits per heavy atom. The van der Waals surface area contributed by atoms with Crippen molar-refractivity contribution in [3.8, 4) is 11.6 Å². The molecule has 1 heterocycles. The second kappa shape index (κ2) is 8.12. The Bertz CT molecular complexity index is 794. The molecule has 0 amide bonds. The largest absolute Gasteiger partial charge is 0.495 e. The first-order chi connectivity index (χ1) is 11.5. The molecule has 0 radical (unpaired) electrons. The summed E-state index contributed by atoms with van der Waals surface area (Å²) in [5, 5.41) is 0.471. The fourth-order valence-corrected chi connectivity index (χ4v) is 2.42. The van der Waals surface area contributed by atoms with E-state index in [1.165, 1.54) is 6.20 Å². The number of aromatic amines is 1. The summed E-state index contributed by atoms with van der Waals surface area (Å²) in [6.45, 7) is 3.79. The zero-order valence-electron chi connectivity index (χ0n) is 13.5. The Labute approximate surface area is 149 Å². The van der Waals surface area contributed by atoms with Gasteiger partial charge in [-0.3, -0.25) is 0 Å². The van der Waals surface area contributed by atoms with Crippen molar-refractivity contribution in [3.05, 3.63) is 45.3 Å². The van der Waals surface area contributed by atoms with Crippen LogP contribution in [-0.2, 0) is 4.74 Å². The summed E-state index contributed by atoms with van der Waals surface area (Å²) in [6, 6.07) is 5.32. The van der Waals surface area contributed by atoms with E-state index in [1.807, 2.05) is 13.0 Å². The minimum absolute atomic E-state index is 0.178. The van der Waals surface area contributed by atoms with Crippen molar-refractivity contribution in [1.82, 2.24) is 9.97 Å². The third kappa shape index (κ3) is 4.24. The van der Waals surface area contributed by atoms with Gasteiger partial charge < -0.3 is 19.2 Å². The monoisotopic (exact) mass is 368 g/mol. The highest BCUT2D eigenvalue weighted by Crippen LogP contribution is 2.30. The Morgan fingerprint density at radius 1 is 1.46 bits per heavy atom. The van der Waals surface area contributed by atoms with E-state index in [0.29, 0.717) is 10.8 Å². The van der Waals surface area contributed by atoms with Crippen LogP contribution in [0.5, 0.6) is 11.6 Å². The van der Waals surface area contributed by atoms with Gasteiger partial charge in [0, 0.05) is 0 Å². The summed E-state index contributed by atoms with van der Waals surface area (Å²) in [5.41, 5.74) is 0.989. The molecule has 128 valence electrons. The number of benzene rings is 1. The van der Waals surface area contributed by atoms with E-state index < -0.39 is 12.1 Å². The lowest BCUT2D eigenvalue weighted by Gasteiger charge is -2.17. The molecule has 0 spiro atoms. The summed E-state index contributed by atoms with van der Waals surface area (Å²) in [7, 11) is 1.55. The van der Waals surface area contributed by atoms with Gasteiger partial charge in [0.2, 0.25) is 5.88 Å². The maximum absolute atomic E-state index is 12.0. The molecule has 2 aromatic rings. The highest BCUT2D eigenvalue weighted by molar-refractivity contribution is 7.71. The van der Waals surface area contributed by atoms with Gasteiger partial charge in [-0.05, 0) is 43.8 Å². The van der Waals surface area contributed by atoms with Crippen molar-refractivity contribution in [2.24, 2.45) is 0 Å². The van der Waals surface area contributed by atoms with E-state index in [-0.39, 0.29) is 22.8 Å². The van der Waals surface area contributed by atoms with Crippen LogP contribution in [0.2, 0.25) is 5.02 Å². The van der Waals surface area contributed by atoms with Gasteiger partial charge in [0.15, 0.2) is 4.77 Å². The molecule has 8 heteroatoms. The first kappa shape index (κ1) is 18.2. The molecule has 0 aliphatic heterocycles. The quantitative estimate of drug-likeness (QED) is 0.610. The number of nitrogens with zero attached hydrogens (tertiary/aromatic N) is 1. The number of ether oxygens (including phenoxy) is 3. The molecule has 0 fully saturated rings. The minimum atomic E-state index is -0.536. The third-order valence-electron chi connectivity index (χ3n) is 3.21. The van der Waals surface area contributed by atoms with Gasteiger partial charge in [-0.2, -0.15) is 0 Å². The number of carbonyl (C=O) groups is 1. The molecule has 1 aromatic carbocycles. The molecule has 1 aromatic heterocycles. The fraction of sp³-hybridized carbons (Fsp3) is 0.312. The van der Waals surface area contributed by atoms with Crippen molar-refractivity contribution < 1.29 is 19.0 Å². The topological polar surface area (TPSA) is 73.4 Å². The maximum atomic E-state index is 12.0. The Hall–Kier alpha value is -2.12. The van der Waals surface area contributed by atoms with Crippen LogP contribution < -0.4 is 9.47 Å². The number of aromatic nitrogens is 2. The number of nitrogens with one attached hydrogen (secondary N) is 1.